The van der Waals surface area contributed by atoms with Gasteiger partial charge in [-0.3, -0.25) is 37.3 Å². The van der Waals surface area contributed by atoms with Crippen molar-refractivity contribution < 1.29 is 80.2 Å². The predicted molar refractivity (Wildman–Crippen MR) is 400 cm³/mol. The molecule has 98 heavy (non-hydrogen) atoms. The Bertz CT molecular complexity index is 1890. The van der Waals surface area contributed by atoms with Crippen LogP contribution >= 0.6 is 15.6 Å². The fraction of sp³-hybridized carbons (Fsp3) is 0.949. The van der Waals surface area contributed by atoms with E-state index in [1.165, 1.54) is 225 Å². The molecule has 0 aliphatic rings. The molecule has 0 bridgehead atoms. The normalized spacial score (nSPS) is 14.2. The van der Waals surface area contributed by atoms with Gasteiger partial charge in [0.25, 0.3) is 0 Å². The molecular formula is C79H154O17P2. The third-order valence-corrected chi connectivity index (χ3v) is 20.7. The molecule has 19 heteroatoms. The zero-order valence-corrected chi connectivity index (χ0v) is 65.9. The molecule has 0 amide bonds. The highest BCUT2D eigenvalue weighted by Gasteiger charge is 2.30. The Labute approximate surface area is 600 Å². The number of hydrogen-bond acceptors (Lipinski definition) is 15. The molecule has 582 valence electrons. The highest BCUT2D eigenvalue weighted by atomic mass is 31.2. The van der Waals surface area contributed by atoms with E-state index in [4.69, 9.17) is 37.0 Å². The van der Waals surface area contributed by atoms with E-state index in [0.29, 0.717) is 25.7 Å². The lowest BCUT2D eigenvalue weighted by Gasteiger charge is -2.21. The zero-order chi connectivity index (χ0) is 72.1. The molecule has 0 aromatic carbocycles. The summed E-state index contributed by atoms with van der Waals surface area (Å²) in [7, 11) is -9.92. The maximum atomic E-state index is 13.1. The second-order valence-corrected chi connectivity index (χ2v) is 32.1. The van der Waals surface area contributed by atoms with Gasteiger partial charge < -0.3 is 33.8 Å². The van der Waals surface area contributed by atoms with Gasteiger partial charge in [-0.15, -0.1) is 0 Å². The van der Waals surface area contributed by atoms with Crippen molar-refractivity contribution in [2.75, 3.05) is 39.6 Å². The topological polar surface area (TPSA) is 237 Å². The predicted octanol–water partition coefficient (Wildman–Crippen LogP) is 23.5. The van der Waals surface area contributed by atoms with Gasteiger partial charge in [-0.1, -0.05) is 363 Å². The number of aliphatic hydroxyl groups excluding tert-OH is 1. The fourth-order valence-corrected chi connectivity index (χ4v) is 13.7. The lowest BCUT2D eigenvalue weighted by Crippen LogP contribution is -2.30. The summed E-state index contributed by atoms with van der Waals surface area (Å²) in [5.41, 5.74) is 0. The minimum absolute atomic E-state index is 0.105. The first-order valence-corrected chi connectivity index (χ1v) is 44.0. The third kappa shape index (κ3) is 71.1. The van der Waals surface area contributed by atoms with E-state index in [0.717, 1.165) is 108 Å². The fourth-order valence-electron chi connectivity index (χ4n) is 12.2. The number of phosphoric acid groups is 2. The molecule has 0 rings (SSSR count). The van der Waals surface area contributed by atoms with E-state index in [9.17, 15) is 43.2 Å². The van der Waals surface area contributed by atoms with Gasteiger partial charge in [0.2, 0.25) is 0 Å². The lowest BCUT2D eigenvalue weighted by atomic mass is 10.00. The largest absolute Gasteiger partial charge is 0.472 e. The average Bonchev–Trinajstić information content (AvgIpc) is 0.932. The van der Waals surface area contributed by atoms with Crippen LogP contribution in [0.15, 0.2) is 0 Å². The van der Waals surface area contributed by atoms with Gasteiger partial charge >= 0.3 is 39.5 Å². The molecule has 3 N–H and O–H groups in total. The second-order valence-electron chi connectivity index (χ2n) is 29.2. The first-order chi connectivity index (χ1) is 47.4. The van der Waals surface area contributed by atoms with Crippen molar-refractivity contribution in [1.29, 1.82) is 0 Å². The maximum Gasteiger partial charge on any atom is 0.472 e. The van der Waals surface area contributed by atoms with Crippen LogP contribution in [0.3, 0.4) is 0 Å². The maximum absolute atomic E-state index is 13.1. The van der Waals surface area contributed by atoms with Crippen LogP contribution in [-0.2, 0) is 65.4 Å². The molecule has 0 aromatic heterocycles. The van der Waals surface area contributed by atoms with Crippen molar-refractivity contribution in [2.24, 2.45) is 11.8 Å². The van der Waals surface area contributed by atoms with Crippen molar-refractivity contribution in [2.45, 2.75) is 432 Å². The Kier molecular flexibility index (Phi) is 69.3. The van der Waals surface area contributed by atoms with Gasteiger partial charge in [0, 0.05) is 25.7 Å². The molecule has 0 fully saturated rings. The molecule has 0 aromatic rings. The summed E-state index contributed by atoms with van der Waals surface area (Å²) < 4.78 is 68.6. The van der Waals surface area contributed by atoms with E-state index >= 15 is 0 Å². The molecule has 0 spiro atoms. The molecule has 0 saturated carbocycles. The van der Waals surface area contributed by atoms with Gasteiger partial charge in [0.1, 0.15) is 19.3 Å². The van der Waals surface area contributed by atoms with Crippen LogP contribution in [0.4, 0.5) is 0 Å². The summed E-state index contributed by atoms with van der Waals surface area (Å²) in [5.74, 6) is -0.647. The Hall–Kier alpha value is -1.94. The van der Waals surface area contributed by atoms with E-state index in [1.807, 2.05) is 0 Å². The minimum Gasteiger partial charge on any atom is -0.462 e. The highest BCUT2D eigenvalue weighted by molar-refractivity contribution is 7.47. The Morgan fingerprint density at radius 1 is 0.296 bits per heavy atom. The number of carbonyl (C=O) groups is 4. The monoisotopic (exact) mass is 1440 g/mol. The number of unbranched alkanes of at least 4 members (excludes halogenated alkanes) is 47. The molecule has 0 saturated heterocycles. The van der Waals surface area contributed by atoms with Gasteiger partial charge in [-0.05, 0) is 37.5 Å². The second kappa shape index (κ2) is 70.7. The van der Waals surface area contributed by atoms with Gasteiger partial charge in [-0.2, -0.15) is 0 Å². The molecule has 0 aliphatic heterocycles. The van der Waals surface area contributed by atoms with Crippen molar-refractivity contribution in [1.82, 2.24) is 0 Å². The summed E-state index contributed by atoms with van der Waals surface area (Å²) in [6, 6.07) is 0. The van der Waals surface area contributed by atoms with Gasteiger partial charge in [0.15, 0.2) is 12.2 Å². The number of hydrogen-bond donors (Lipinski definition) is 3. The van der Waals surface area contributed by atoms with Crippen molar-refractivity contribution in [3.8, 4) is 0 Å². The average molecular weight is 1440 g/mol. The van der Waals surface area contributed by atoms with Crippen LogP contribution < -0.4 is 0 Å². The standard InChI is InChI=1S/C79H154O17P2/c1-7-10-12-14-16-18-20-22-24-25-26-27-28-29-31-33-35-39-43-51-57-63-78(83)95-74(67-89-76(81)61-55-49-42-38-34-32-30-23-21-19-17-15-13-11-8-2)69-93-97(85,86)91-65-73(80)66-92-98(87,88)94-70-75(68-90-77(82)62-56-50-46-45-48-54-60-72(6)9-3)96-79(84)64-58-52-44-40-36-37-41-47-53-59-71(4)5/h71-75,80H,7-70H2,1-6H3,(H,85,86)(H,87,88)/t72?,73-,74-,75-/m1/s1. The Balaban J connectivity index is 5.21. The lowest BCUT2D eigenvalue weighted by molar-refractivity contribution is -0.161. The number of ether oxygens (including phenoxy) is 4. The van der Waals surface area contributed by atoms with Crippen LogP contribution in [0.1, 0.15) is 414 Å². The van der Waals surface area contributed by atoms with Crippen molar-refractivity contribution in [3.05, 3.63) is 0 Å². The summed E-state index contributed by atoms with van der Waals surface area (Å²) in [6.45, 7) is 9.55. The number of carbonyl (C=O) groups excluding carboxylic acids is 4. The Morgan fingerprint density at radius 3 is 0.776 bits per heavy atom. The van der Waals surface area contributed by atoms with Gasteiger partial charge in [0.05, 0.1) is 26.4 Å². The van der Waals surface area contributed by atoms with Crippen molar-refractivity contribution >= 4 is 39.5 Å². The quantitative estimate of drug-likeness (QED) is 0.0222. The van der Waals surface area contributed by atoms with Crippen LogP contribution in [-0.4, -0.2) is 96.7 Å². The smallest absolute Gasteiger partial charge is 0.462 e. The molecule has 0 aliphatic carbocycles. The van der Waals surface area contributed by atoms with Gasteiger partial charge in [-0.25, -0.2) is 9.13 Å². The molecule has 3 unspecified atom stereocenters. The van der Waals surface area contributed by atoms with Crippen molar-refractivity contribution in [3.63, 3.8) is 0 Å². The number of rotatable bonds is 78. The van der Waals surface area contributed by atoms with E-state index < -0.39 is 97.5 Å². The number of aliphatic hydroxyl groups is 1. The summed E-state index contributed by atoms with van der Waals surface area (Å²) in [6.07, 6.45) is 59.8. The SMILES string of the molecule is CCCCCCCCCCCCCCCCCCCCCCCC(=O)O[C@H](COC(=O)CCCCCCCCCCCCCCCCC)COP(=O)(O)OC[C@@H](O)COP(=O)(O)OC[C@@H](COC(=O)CCCCCCCCC(C)CC)OC(=O)CCCCCCCCCCCC(C)C. The molecule has 17 nitrogen and oxygen atoms in total. The summed E-state index contributed by atoms with van der Waals surface area (Å²) in [5, 5.41) is 10.6. The van der Waals surface area contributed by atoms with E-state index in [2.05, 4.69) is 41.5 Å². The van der Waals surface area contributed by atoms with Crippen LogP contribution in [0.2, 0.25) is 0 Å². The molecular weight excluding hydrogens is 1280 g/mol. The number of esters is 4. The first kappa shape index (κ1) is 96.1. The summed E-state index contributed by atoms with van der Waals surface area (Å²) in [4.78, 5) is 72.9. The third-order valence-electron chi connectivity index (χ3n) is 18.8. The van der Waals surface area contributed by atoms with E-state index in [-0.39, 0.29) is 25.7 Å². The highest BCUT2D eigenvalue weighted by Crippen LogP contribution is 2.45. The summed E-state index contributed by atoms with van der Waals surface area (Å²) >= 11 is 0. The van der Waals surface area contributed by atoms with Crippen LogP contribution in [0.25, 0.3) is 0 Å². The van der Waals surface area contributed by atoms with E-state index in [1.54, 1.807) is 0 Å². The van der Waals surface area contributed by atoms with Crippen LogP contribution in [0.5, 0.6) is 0 Å². The minimum atomic E-state index is -4.96. The first-order valence-electron chi connectivity index (χ1n) is 41.0. The Morgan fingerprint density at radius 2 is 0.520 bits per heavy atom. The molecule has 0 radical (unpaired) electrons. The molecule has 0 heterocycles. The van der Waals surface area contributed by atoms with Crippen LogP contribution in [0, 0.1) is 11.8 Å². The zero-order valence-electron chi connectivity index (χ0n) is 64.1. The molecule has 6 atom stereocenters. The number of phosphoric ester groups is 2.